The van der Waals surface area contributed by atoms with Gasteiger partial charge in [-0.25, -0.2) is 4.99 Å². The predicted molar refractivity (Wildman–Crippen MR) is 231 cm³/mol. The second-order valence-corrected chi connectivity index (χ2v) is 14.5. The van der Waals surface area contributed by atoms with Gasteiger partial charge in [0.25, 0.3) is 0 Å². The molecule has 4 atom stereocenters. The molecule has 5 heteroatoms. The zero-order valence-corrected chi connectivity index (χ0v) is 30.8. The fraction of sp³-hybridized carbons (Fsp3) is 0.0784. The number of nitrogens with zero attached hydrogens (tertiary/aromatic N) is 1. The number of hydrogen-bond donors (Lipinski definition) is 4. The van der Waals surface area contributed by atoms with Crippen LogP contribution in [0.15, 0.2) is 205 Å². The highest BCUT2D eigenvalue weighted by molar-refractivity contribution is 6.00. The Morgan fingerprint density at radius 1 is 0.411 bits per heavy atom. The Hall–Kier alpha value is -6.79. The number of rotatable bonds is 7. The van der Waals surface area contributed by atoms with Crippen LogP contribution in [-0.2, 0) is 0 Å². The van der Waals surface area contributed by atoms with Gasteiger partial charge >= 0.3 is 0 Å². The molecule has 4 N–H and O–H groups in total. The first-order chi connectivity index (χ1) is 27.7. The Balaban J connectivity index is 1.04. The van der Waals surface area contributed by atoms with Gasteiger partial charge in [-0.15, -0.1) is 0 Å². The van der Waals surface area contributed by atoms with E-state index < -0.39 is 0 Å². The van der Waals surface area contributed by atoms with E-state index in [9.17, 15) is 0 Å². The Morgan fingerprint density at radius 3 is 1.75 bits per heavy atom. The lowest BCUT2D eigenvalue weighted by atomic mass is 9.91. The van der Waals surface area contributed by atoms with E-state index in [1.165, 1.54) is 32.7 Å². The predicted octanol–water partition coefficient (Wildman–Crippen LogP) is 11.0. The van der Waals surface area contributed by atoms with Crippen LogP contribution in [0.25, 0.3) is 38.4 Å². The molecule has 2 aliphatic heterocycles. The van der Waals surface area contributed by atoms with E-state index >= 15 is 0 Å². The smallest absolute Gasteiger partial charge is 0.131 e. The summed E-state index contributed by atoms with van der Waals surface area (Å²) in [5.41, 5.74) is 10.4. The van der Waals surface area contributed by atoms with Crippen molar-refractivity contribution in [1.82, 2.24) is 21.3 Å². The third-order valence-corrected chi connectivity index (χ3v) is 11.1. The molecule has 4 unspecified atom stereocenters. The molecular formula is C51H41N5. The lowest BCUT2D eigenvalue weighted by Gasteiger charge is -2.34. The second-order valence-electron chi connectivity index (χ2n) is 14.5. The molecule has 0 spiro atoms. The minimum absolute atomic E-state index is 0.00883. The SMILES string of the molecule is C1=C(c2ccccc2)NC(c2ccc(-c3ccc4ccccc4c3C3N=C(c4ccccc4)NC(c4ccccc4)N3)cc2)NC1c1cccc2ccccc12. The molecule has 8 aromatic carbocycles. The van der Waals surface area contributed by atoms with E-state index in [1.54, 1.807) is 0 Å². The average Bonchev–Trinajstić information content (AvgIpc) is 3.29. The minimum Gasteiger partial charge on any atom is -0.366 e. The summed E-state index contributed by atoms with van der Waals surface area (Å²) in [4.78, 5) is 5.39. The number of amidine groups is 1. The normalized spacial score (nSPS) is 19.4. The van der Waals surface area contributed by atoms with Crippen LogP contribution in [0.2, 0.25) is 0 Å². The van der Waals surface area contributed by atoms with E-state index in [0.717, 1.165) is 44.9 Å². The summed E-state index contributed by atoms with van der Waals surface area (Å²) in [6.07, 6.45) is 1.77. The van der Waals surface area contributed by atoms with Crippen molar-refractivity contribution >= 4 is 33.1 Å². The second kappa shape index (κ2) is 14.8. The summed E-state index contributed by atoms with van der Waals surface area (Å²) in [6, 6.07) is 69.0. The van der Waals surface area contributed by atoms with Crippen LogP contribution in [-0.4, -0.2) is 5.84 Å². The molecule has 5 nitrogen and oxygen atoms in total. The van der Waals surface area contributed by atoms with Crippen molar-refractivity contribution < 1.29 is 0 Å². The van der Waals surface area contributed by atoms with Crippen LogP contribution >= 0.6 is 0 Å². The summed E-state index contributed by atoms with van der Waals surface area (Å²) in [5.74, 6) is 0.870. The Labute approximate surface area is 327 Å². The van der Waals surface area contributed by atoms with Gasteiger partial charge in [0.1, 0.15) is 24.3 Å². The molecule has 0 aliphatic carbocycles. The molecule has 0 saturated carbocycles. The van der Waals surface area contributed by atoms with Crippen molar-refractivity contribution in [2.45, 2.75) is 24.5 Å². The molecule has 0 saturated heterocycles. The van der Waals surface area contributed by atoms with Crippen molar-refractivity contribution in [3.05, 3.63) is 234 Å². The lowest BCUT2D eigenvalue weighted by Crippen LogP contribution is -2.45. The van der Waals surface area contributed by atoms with Crippen LogP contribution in [0.4, 0.5) is 0 Å². The molecule has 2 aliphatic rings. The molecule has 0 fully saturated rings. The maximum Gasteiger partial charge on any atom is 0.131 e. The van der Waals surface area contributed by atoms with Gasteiger partial charge in [-0.3, -0.25) is 10.6 Å². The van der Waals surface area contributed by atoms with Gasteiger partial charge in [0.15, 0.2) is 0 Å². The van der Waals surface area contributed by atoms with Crippen LogP contribution in [0, 0.1) is 0 Å². The number of nitrogens with one attached hydrogen (secondary N) is 4. The van der Waals surface area contributed by atoms with Crippen molar-refractivity contribution in [3.63, 3.8) is 0 Å². The van der Waals surface area contributed by atoms with Crippen LogP contribution < -0.4 is 21.3 Å². The minimum atomic E-state index is -0.306. The quantitative estimate of drug-likeness (QED) is 0.132. The standard InChI is InChI=1S/C51H41N5/c1-4-17-37(18-5-1)45-33-46(44-26-14-23-34-15-10-12-24-41(34)44)53-48(52-45)40-29-27-36(28-30-40)43-32-31-35-16-11-13-25-42(35)47(43)51-55-49(38-19-6-2-7-20-38)54-50(56-51)39-21-8-3-9-22-39/h1-33,46,48-49,51-53,55H,(H,54,56). The third-order valence-electron chi connectivity index (χ3n) is 11.1. The molecule has 0 aromatic heterocycles. The summed E-state index contributed by atoms with van der Waals surface area (Å²) >= 11 is 0. The topological polar surface area (TPSA) is 60.5 Å². The fourth-order valence-electron chi connectivity index (χ4n) is 8.28. The van der Waals surface area contributed by atoms with E-state index in [0.29, 0.717) is 0 Å². The van der Waals surface area contributed by atoms with Gasteiger partial charge < -0.3 is 10.6 Å². The fourth-order valence-corrected chi connectivity index (χ4v) is 8.28. The number of fused-ring (bicyclic) bond motifs is 2. The highest BCUT2D eigenvalue weighted by Gasteiger charge is 2.29. The largest absolute Gasteiger partial charge is 0.366 e. The van der Waals surface area contributed by atoms with E-state index in [1.807, 2.05) is 6.07 Å². The first-order valence-corrected chi connectivity index (χ1v) is 19.4. The molecular weight excluding hydrogens is 683 g/mol. The molecule has 0 radical (unpaired) electrons. The lowest BCUT2D eigenvalue weighted by molar-refractivity contribution is 0.411. The maximum atomic E-state index is 5.39. The van der Waals surface area contributed by atoms with Crippen LogP contribution in [0.1, 0.15) is 57.9 Å². The summed E-state index contributed by atoms with van der Waals surface area (Å²) in [5, 5.41) is 20.2. The molecule has 8 aromatic rings. The zero-order valence-electron chi connectivity index (χ0n) is 30.8. The molecule has 270 valence electrons. The highest BCUT2D eigenvalue weighted by atomic mass is 15.3. The molecule has 10 rings (SSSR count). The van der Waals surface area contributed by atoms with E-state index in [2.05, 4.69) is 215 Å². The highest BCUT2D eigenvalue weighted by Crippen LogP contribution is 2.39. The molecule has 56 heavy (non-hydrogen) atoms. The number of hydrogen-bond acceptors (Lipinski definition) is 5. The Morgan fingerprint density at radius 2 is 1.00 bits per heavy atom. The number of benzene rings is 8. The maximum absolute atomic E-state index is 5.39. The monoisotopic (exact) mass is 723 g/mol. The Bertz CT molecular complexity index is 2700. The van der Waals surface area contributed by atoms with Crippen LogP contribution in [0.5, 0.6) is 0 Å². The molecule has 0 amide bonds. The third kappa shape index (κ3) is 6.53. The van der Waals surface area contributed by atoms with E-state index in [4.69, 9.17) is 4.99 Å². The van der Waals surface area contributed by atoms with Gasteiger partial charge in [-0.05, 0) is 61.0 Å². The zero-order chi connectivity index (χ0) is 37.3. The van der Waals surface area contributed by atoms with Crippen molar-refractivity contribution in [3.8, 4) is 11.1 Å². The first kappa shape index (κ1) is 33.8. The summed E-state index contributed by atoms with van der Waals surface area (Å²) < 4.78 is 0. The number of aliphatic imine (C=N–C) groups is 1. The van der Waals surface area contributed by atoms with Gasteiger partial charge in [0, 0.05) is 16.8 Å². The summed E-state index contributed by atoms with van der Waals surface area (Å²) in [7, 11) is 0. The Kier molecular flexibility index (Phi) is 8.92. The molecule has 0 bridgehead atoms. The van der Waals surface area contributed by atoms with Crippen molar-refractivity contribution in [2.24, 2.45) is 4.99 Å². The molecule has 2 heterocycles. The summed E-state index contributed by atoms with van der Waals surface area (Å²) in [6.45, 7) is 0. The van der Waals surface area contributed by atoms with Crippen molar-refractivity contribution in [2.75, 3.05) is 0 Å². The van der Waals surface area contributed by atoms with Gasteiger partial charge in [-0.2, -0.15) is 0 Å². The first-order valence-electron chi connectivity index (χ1n) is 19.4. The van der Waals surface area contributed by atoms with Gasteiger partial charge in [-0.1, -0.05) is 194 Å². The van der Waals surface area contributed by atoms with E-state index in [-0.39, 0.29) is 24.5 Å². The average molecular weight is 724 g/mol. The van der Waals surface area contributed by atoms with Gasteiger partial charge in [0.05, 0.1) is 6.04 Å². The van der Waals surface area contributed by atoms with Crippen LogP contribution in [0.3, 0.4) is 0 Å². The van der Waals surface area contributed by atoms with Crippen molar-refractivity contribution in [1.29, 1.82) is 0 Å². The van der Waals surface area contributed by atoms with Gasteiger partial charge in [0.2, 0.25) is 0 Å².